The molecule has 2 N–H and O–H groups in total. The summed E-state index contributed by atoms with van der Waals surface area (Å²) < 4.78 is 38.4. The molecule has 0 bridgehead atoms. The van der Waals surface area contributed by atoms with Gasteiger partial charge in [0.2, 0.25) is 5.75 Å². The van der Waals surface area contributed by atoms with Crippen molar-refractivity contribution in [1.29, 1.82) is 0 Å². The highest BCUT2D eigenvalue weighted by molar-refractivity contribution is 5.93. The smallest absolute Gasteiger partial charge is 0.315 e. The summed E-state index contributed by atoms with van der Waals surface area (Å²) >= 11 is 0. The highest BCUT2D eigenvalue weighted by atomic mass is 19.1. The number of amides is 2. The van der Waals surface area contributed by atoms with Crippen LogP contribution in [0.25, 0.3) is 5.69 Å². The van der Waals surface area contributed by atoms with Gasteiger partial charge in [-0.15, -0.1) is 0 Å². The maximum absolute atomic E-state index is 13.9. The minimum absolute atomic E-state index is 0.0250. The van der Waals surface area contributed by atoms with E-state index in [1.807, 2.05) is 38.1 Å². The Bertz CT molecular complexity index is 1980. The fourth-order valence-corrected chi connectivity index (χ4v) is 4.83. The number of carbonyl (C=O) groups excluding carboxylic acids is 2. The van der Waals surface area contributed by atoms with E-state index in [1.54, 1.807) is 13.0 Å². The monoisotopic (exact) mass is 669 g/mol. The minimum Gasteiger partial charge on any atom is -0.490 e. The molecular formula is C35H32FN5O8. The van der Waals surface area contributed by atoms with Crippen LogP contribution in [0, 0.1) is 29.8 Å². The summed E-state index contributed by atoms with van der Waals surface area (Å²) in [5.41, 5.74) is 5.19. The number of nitrogens with one attached hydrogen (secondary N) is 2. The number of benzene rings is 3. The van der Waals surface area contributed by atoms with Crippen molar-refractivity contribution >= 4 is 29.4 Å². The molecule has 0 aliphatic rings. The molecule has 14 heteroatoms. The third-order valence-electron chi connectivity index (χ3n) is 7.06. The van der Waals surface area contributed by atoms with Gasteiger partial charge in [0.05, 0.1) is 23.4 Å². The summed E-state index contributed by atoms with van der Waals surface area (Å²) in [5.74, 6) is -1.38. The van der Waals surface area contributed by atoms with Crippen molar-refractivity contribution in [2.75, 3.05) is 18.5 Å². The molecule has 0 saturated heterocycles. The van der Waals surface area contributed by atoms with Gasteiger partial charge in [0.25, 0.3) is 5.91 Å². The van der Waals surface area contributed by atoms with Crippen LogP contribution in [0.1, 0.15) is 40.2 Å². The Morgan fingerprint density at radius 1 is 0.980 bits per heavy atom. The Morgan fingerprint density at radius 3 is 2.41 bits per heavy atom. The lowest BCUT2D eigenvalue weighted by Crippen LogP contribution is -2.21. The van der Waals surface area contributed by atoms with E-state index in [0.717, 1.165) is 23.1 Å². The van der Waals surface area contributed by atoms with Crippen molar-refractivity contribution in [1.82, 2.24) is 9.99 Å². The number of aromatic nitrogens is 1. The van der Waals surface area contributed by atoms with Gasteiger partial charge in [0.15, 0.2) is 18.1 Å². The van der Waals surface area contributed by atoms with Crippen LogP contribution in [-0.2, 0) is 11.4 Å². The van der Waals surface area contributed by atoms with Crippen LogP contribution < -0.4 is 25.0 Å². The highest BCUT2D eigenvalue weighted by Gasteiger charge is 2.24. The molecule has 0 spiro atoms. The lowest BCUT2D eigenvalue weighted by molar-refractivity contribution is -0.385. The molecule has 2 heterocycles. The predicted octanol–water partition coefficient (Wildman–Crippen LogP) is 6.49. The molecule has 49 heavy (non-hydrogen) atoms. The van der Waals surface area contributed by atoms with Crippen LogP contribution in [0.3, 0.4) is 0 Å². The number of carbonyl (C=O) groups is 2. The average Bonchev–Trinajstić information content (AvgIpc) is 3.70. The van der Waals surface area contributed by atoms with E-state index < -0.39 is 34.8 Å². The molecule has 0 aliphatic carbocycles. The summed E-state index contributed by atoms with van der Waals surface area (Å²) in [5, 5.41) is 18.1. The van der Waals surface area contributed by atoms with E-state index in [0.29, 0.717) is 11.5 Å². The lowest BCUT2D eigenvalue weighted by Gasteiger charge is -2.13. The second kappa shape index (κ2) is 15.4. The topological polar surface area (TPSA) is 159 Å². The summed E-state index contributed by atoms with van der Waals surface area (Å²) in [4.78, 5) is 36.2. The first-order valence-electron chi connectivity index (χ1n) is 15.1. The van der Waals surface area contributed by atoms with E-state index in [1.165, 1.54) is 42.6 Å². The number of nitro benzene ring substituents is 1. The zero-order chi connectivity index (χ0) is 34.9. The van der Waals surface area contributed by atoms with E-state index in [-0.39, 0.29) is 41.7 Å². The number of halogens is 1. The first-order chi connectivity index (χ1) is 23.6. The molecular weight excluding hydrogens is 637 g/mol. The van der Waals surface area contributed by atoms with Crippen molar-refractivity contribution in [3.8, 4) is 22.9 Å². The largest absolute Gasteiger partial charge is 0.490 e. The fourth-order valence-electron chi connectivity index (χ4n) is 4.83. The van der Waals surface area contributed by atoms with Crippen LogP contribution in [-0.4, -0.2) is 40.7 Å². The number of aryl methyl sites for hydroxylation is 2. The van der Waals surface area contributed by atoms with Gasteiger partial charge in [-0.25, -0.2) is 9.82 Å². The van der Waals surface area contributed by atoms with Gasteiger partial charge in [0.1, 0.15) is 23.9 Å². The summed E-state index contributed by atoms with van der Waals surface area (Å²) in [6.45, 7) is 5.28. The summed E-state index contributed by atoms with van der Waals surface area (Å²) in [6.07, 6.45) is 1.18. The number of nitrogens with zero attached hydrogens (tertiary/aromatic N) is 3. The molecule has 0 radical (unpaired) electrons. The first kappa shape index (κ1) is 33.9. The van der Waals surface area contributed by atoms with Crippen molar-refractivity contribution in [3.63, 3.8) is 0 Å². The van der Waals surface area contributed by atoms with Gasteiger partial charge in [0, 0.05) is 28.7 Å². The van der Waals surface area contributed by atoms with Crippen LogP contribution >= 0.6 is 0 Å². The quantitative estimate of drug-likeness (QED) is 0.0771. The zero-order valence-electron chi connectivity index (χ0n) is 26.8. The molecule has 5 rings (SSSR count). The Labute approximate surface area is 280 Å². The van der Waals surface area contributed by atoms with E-state index >= 15 is 0 Å². The van der Waals surface area contributed by atoms with Crippen molar-refractivity contribution in [3.05, 3.63) is 129 Å². The second-order valence-electron chi connectivity index (χ2n) is 10.6. The molecule has 0 fully saturated rings. The van der Waals surface area contributed by atoms with E-state index in [4.69, 9.17) is 18.6 Å². The molecule has 5 aromatic rings. The van der Waals surface area contributed by atoms with Crippen LogP contribution in [0.5, 0.6) is 17.2 Å². The number of anilines is 1. The minimum atomic E-state index is -0.740. The van der Waals surface area contributed by atoms with E-state index in [9.17, 15) is 24.1 Å². The molecule has 13 nitrogen and oxygen atoms in total. The number of para-hydroxylation sites is 1. The normalized spacial score (nSPS) is 10.9. The van der Waals surface area contributed by atoms with Crippen LogP contribution in [0.4, 0.5) is 15.8 Å². The maximum Gasteiger partial charge on any atom is 0.315 e. The Morgan fingerprint density at radius 2 is 1.71 bits per heavy atom. The van der Waals surface area contributed by atoms with Gasteiger partial charge < -0.3 is 28.5 Å². The number of hydrogen-bond acceptors (Lipinski definition) is 9. The SMILES string of the molecule is CCOc1cc(/C=N/NC(=O)c2ccc(COc3ccc(-n4c(C)ccc4C)cc3)o2)cc([N+](=O)[O-])c1OCC(=O)Nc1ccccc1F. The maximum atomic E-state index is 13.9. The van der Waals surface area contributed by atoms with Gasteiger partial charge in [-0.3, -0.25) is 19.7 Å². The zero-order valence-corrected chi connectivity index (χ0v) is 26.8. The number of ether oxygens (including phenoxy) is 3. The van der Waals surface area contributed by atoms with Gasteiger partial charge in [-0.1, -0.05) is 12.1 Å². The van der Waals surface area contributed by atoms with Crippen LogP contribution in [0.2, 0.25) is 0 Å². The molecule has 0 unspecified atom stereocenters. The lowest BCUT2D eigenvalue weighted by atomic mass is 10.2. The first-order valence-corrected chi connectivity index (χ1v) is 15.1. The van der Waals surface area contributed by atoms with Gasteiger partial charge in [-0.05, 0) is 87.5 Å². The standard InChI is InChI=1S/C35H32FN5O8/c1-4-46-32-18-24(17-30(41(44)45)34(32)48-21-33(42)38-29-8-6-5-7-28(29)36)19-37-39-35(43)31-16-15-27(49-31)20-47-26-13-11-25(12-14-26)40-22(2)9-10-23(40)3/h5-19H,4,20-21H2,1-3H3,(H,38,42)(H,39,43)/b37-19+. The number of rotatable bonds is 14. The molecule has 2 aromatic heterocycles. The van der Waals surface area contributed by atoms with Gasteiger partial charge in [-0.2, -0.15) is 5.10 Å². The van der Waals surface area contributed by atoms with E-state index in [2.05, 4.69) is 32.5 Å². The third kappa shape index (κ3) is 8.48. The summed E-state index contributed by atoms with van der Waals surface area (Å²) in [6, 6.07) is 22.9. The second-order valence-corrected chi connectivity index (χ2v) is 10.6. The highest BCUT2D eigenvalue weighted by Crippen LogP contribution is 2.38. The van der Waals surface area contributed by atoms with Gasteiger partial charge >= 0.3 is 11.6 Å². The Kier molecular flexibility index (Phi) is 10.7. The summed E-state index contributed by atoms with van der Waals surface area (Å²) in [7, 11) is 0. The fraction of sp³-hybridized carbons (Fsp3) is 0.171. The van der Waals surface area contributed by atoms with Crippen LogP contribution in [0.15, 0.2) is 94.4 Å². The Balaban J connectivity index is 1.19. The molecule has 3 aromatic carbocycles. The predicted molar refractivity (Wildman–Crippen MR) is 178 cm³/mol. The molecule has 0 saturated carbocycles. The number of hydrazone groups is 1. The number of hydrogen-bond donors (Lipinski definition) is 2. The molecule has 0 aliphatic heterocycles. The molecule has 252 valence electrons. The molecule has 2 amide bonds. The Hall–Kier alpha value is -6.44. The van der Waals surface area contributed by atoms with Crippen molar-refractivity contribution in [2.24, 2.45) is 5.10 Å². The molecule has 0 atom stereocenters. The average molecular weight is 670 g/mol. The number of nitro groups is 1. The third-order valence-corrected chi connectivity index (χ3v) is 7.06. The van der Waals surface area contributed by atoms with Crippen molar-refractivity contribution in [2.45, 2.75) is 27.4 Å². The number of furan rings is 1. The van der Waals surface area contributed by atoms with Crippen molar-refractivity contribution < 1.29 is 37.5 Å².